The van der Waals surface area contributed by atoms with Crippen LogP contribution in [0.3, 0.4) is 0 Å². The summed E-state index contributed by atoms with van der Waals surface area (Å²) in [6.07, 6.45) is 1.77. The van der Waals surface area contributed by atoms with Gasteiger partial charge in [-0.25, -0.2) is 0 Å². The normalized spacial score (nSPS) is 10.7. The number of rotatable bonds is 2. The SMILES string of the molecule is Cn1nc(-c2cn[nH]c2-c2ccccc2)cc1N. The van der Waals surface area contributed by atoms with E-state index in [0.717, 1.165) is 22.5 Å². The lowest BCUT2D eigenvalue weighted by Gasteiger charge is -2.00. The number of nitrogen functional groups attached to an aromatic ring is 1. The molecule has 2 aromatic heterocycles. The molecule has 90 valence electrons. The van der Waals surface area contributed by atoms with Gasteiger partial charge in [-0.2, -0.15) is 10.2 Å². The molecular formula is C13H13N5. The molecule has 0 radical (unpaired) electrons. The minimum Gasteiger partial charge on any atom is -0.384 e. The van der Waals surface area contributed by atoms with Crippen LogP contribution in [0.5, 0.6) is 0 Å². The Hall–Kier alpha value is -2.56. The van der Waals surface area contributed by atoms with Gasteiger partial charge in [0.2, 0.25) is 0 Å². The number of aromatic amines is 1. The molecule has 5 nitrogen and oxygen atoms in total. The molecule has 0 saturated carbocycles. The van der Waals surface area contributed by atoms with Crippen LogP contribution in [0, 0.1) is 0 Å². The van der Waals surface area contributed by atoms with Crippen LogP contribution in [0.15, 0.2) is 42.6 Å². The Morgan fingerprint density at radius 1 is 1.22 bits per heavy atom. The van der Waals surface area contributed by atoms with Crippen LogP contribution < -0.4 is 5.73 Å². The number of anilines is 1. The molecule has 18 heavy (non-hydrogen) atoms. The Balaban J connectivity index is 2.12. The van der Waals surface area contributed by atoms with E-state index in [0.29, 0.717) is 5.82 Å². The highest BCUT2D eigenvalue weighted by Gasteiger charge is 2.13. The lowest BCUT2D eigenvalue weighted by molar-refractivity contribution is 0.782. The third-order valence-corrected chi connectivity index (χ3v) is 2.89. The number of benzene rings is 1. The Labute approximate surface area is 104 Å². The van der Waals surface area contributed by atoms with Crippen LogP contribution in [-0.4, -0.2) is 20.0 Å². The van der Waals surface area contributed by atoms with Crippen molar-refractivity contribution in [1.82, 2.24) is 20.0 Å². The lowest BCUT2D eigenvalue weighted by Crippen LogP contribution is -1.96. The molecule has 0 atom stereocenters. The first-order valence-electron chi connectivity index (χ1n) is 5.64. The van der Waals surface area contributed by atoms with Crippen LogP contribution >= 0.6 is 0 Å². The summed E-state index contributed by atoms with van der Waals surface area (Å²) < 4.78 is 1.65. The van der Waals surface area contributed by atoms with Gasteiger partial charge in [-0.05, 0) is 0 Å². The van der Waals surface area contributed by atoms with Gasteiger partial charge in [-0.3, -0.25) is 9.78 Å². The molecule has 0 amide bonds. The summed E-state index contributed by atoms with van der Waals surface area (Å²) in [6, 6.07) is 11.9. The highest BCUT2D eigenvalue weighted by atomic mass is 15.3. The number of nitrogens with one attached hydrogen (secondary N) is 1. The summed E-state index contributed by atoms with van der Waals surface area (Å²) in [7, 11) is 1.82. The zero-order chi connectivity index (χ0) is 12.5. The topological polar surface area (TPSA) is 72.5 Å². The van der Waals surface area contributed by atoms with E-state index in [2.05, 4.69) is 15.3 Å². The molecule has 5 heteroatoms. The minimum absolute atomic E-state index is 0.630. The molecular weight excluding hydrogens is 226 g/mol. The molecule has 2 heterocycles. The van der Waals surface area contributed by atoms with Crippen LogP contribution in [0.4, 0.5) is 5.82 Å². The first-order valence-corrected chi connectivity index (χ1v) is 5.64. The predicted octanol–water partition coefficient (Wildman–Crippen LogP) is 2.06. The third kappa shape index (κ3) is 1.66. The minimum atomic E-state index is 0.630. The van der Waals surface area contributed by atoms with E-state index in [1.54, 1.807) is 10.9 Å². The largest absolute Gasteiger partial charge is 0.384 e. The fraction of sp³-hybridized carbons (Fsp3) is 0.0769. The van der Waals surface area contributed by atoms with E-state index in [1.165, 1.54) is 0 Å². The summed E-state index contributed by atoms with van der Waals surface area (Å²) in [5, 5.41) is 11.5. The van der Waals surface area contributed by atoms with Crippen molar-refractivity contribution in [3.63, 3.8) is 0 Å². The third-order valence-electron chi connectivity index (χ3n) is 2.89. The zero-order valence-corrected chi connectivity index (χ0v) is 9.96. The van der Waals surface area contributed by atoms with Crippen LogP contribution in [0.2, 0.25) is 0 Å². The van der Waals surface area contributed by atoms with Gasteiger partial charge in [0.25, 0.3) is 0 Å². The number of hydrogen-bond acceptors (Lipinski definition) is 3. The molecule has 0 aliphatic carbocycles. The van der Waals surface area contributed by atoms with E-state index in [9.17, 15) is 0 Å². The Kier molecular flexibility index (Phi) is 2.37. The van der Waals surface area contributed by atoms with E-state index in [-0.39, 0.29) is 0 Å². The molecule has 0 saturated heterocycles. The molecule has 0 unspecified atom stereocenters. The van der Waals surface area contributed by atoms with Gasteiger partial charge in [-0.1, -0.05) is 30.3 Å². The second-order valence-electron chi connectivity index (χ2n) is 4.10. The maximum absolute atomic E-state index is 5.81. The van der Waals surface area contributed by atoms with Crippen molar-refractivity contribution in [2.24, 2.45) is 7.05 Å². The Morgan fingerprint density at radius 2 is 2.00 bits per heavy atom. The van der Waals surface area contributed by atoms with E-state index < -0.39 is 0 Å². The smallest absolute Gasteiger partial charge is 0.121 e. The molecule has 0 bridgehead atoms. The second kappa shape index (κ2) is 4.03. The summed E-state index contributed by atoms with van der Waals surface area (Å²) in [5.41, 5.74) is 9.61. The summed E-state index contributed by atoms with van der Waals surface area (Å²) >= 11 is 0. The van der Waals surface area contributed by atoms with E-state index in [4.69, 9.17) is 5.73 Å². The van der Waals surface area contributed by atoms with Crippen LogP contribution in [-0.2, 0) is 7.05 Å². The number of nitrogens with zero attached hydrogens (tertiary/aromatic N) is 3. The predicted molar refractivity (Wildman–Crippen MR) is 70.6 cm³/mol. The van der Waals surface area contributed by atoms with Gasteiger partial charge in [0, 0.05) is 24.2 Å². The average Bonchev–Trinajstić information content (AvgIpc) is 2.98. The molecule has 0 fully saturated rings. The molecule has 3 rings (SSSR count). The van der Waals surface area contributed by atoms with Gasteiger partial charge >= 0.3 is 0 Å². The Morgan fingerprint density at radius 3 is 2.67 bits per heavy atom. The summed E-state index contributed by atoms with van der Waals surface area (Å²) in [4.78, 5) is 0. The van der Waals surface area contributed by atoms with E-state index >= 15 is 0 Å². The van der Waals surface area contributed by atoms with Crippen molar-refractivity contribution in [1.29, 1.82) is 0 Å². The van der Waals surface area contributed by atoms with Crippen molar-refractivity contribution in [2.75, 3.05) is 5.73 Å². The van der Waals surface area contributed by atoms with Crippen molar-refractivity contribution >= 4 is 5.82 Å². The zero-order valence-electron chi connectivity index (χ0n) is 9.96. The fourth-order valence-corrected chi connectivity index (χ4v) is 1.92. The van der Waals surface area contributed by atoms with Gasteiger partial charge in [0.1, 0.15) is 5.82 Å². The molecule has 1 aromatic carbocycles. The van der Waals surface area contributed by atoms with Crippen molar-refractivity contribution in [2.45, 2.75) is 0 Å². The highest BCUT2D eigenvalue weighted by molar-refractivity contribution is 5.79. The standard InChI is InChI=1S/C13H13N5/c1-18-12(14)7-11(17-18)10-8-15-16-13(10)9-5-3-2-4-6-9/h2-8H,14H2,1H3,(H,15,16). The fourth-order valence-electron chi connectivity index (χ4n) is 1.92. The van der Waals surface area contributed by atoms with E-state index in [1.807, 2.05) is 43.4 Å². The summed E-state index contributed by atoms with van der Waals surface area (Å²) in [6.45, 7) is 0. The maximum atomic E-state index is 5.81. The van der Waals surface area contributed by atoms with Gasteiger partial charge < -0.3 is 5.73 Å². The second-order valence-corrected chi connectivity index (χ2v) is 4.10. The lowest BCUT2D eigenvalue weighted by atomic mass is 10.1. The van der Waals surface area contributed by atoms with Gasteiger partial charge in [0.05, 0.1) is 17.6 Å². The number of nitrogens with two attached hydrogens (primary N) is 1. The van der Waals surface area contributed by atoms with Gasteiger partial charge in [0.15, 0.2) is 0 Å². The molecule has 0 aliphatic rings. The number of aromatic nitrogens is 4. The molecule has 3 N–H and O–H groups in total. The first-order chi connectivity index (χ1) is 8.75. The summed E-state index contributed by atoms with van der Waals surface area (Å²) in [5.74, 6) is 0.630. The van der Waals surface area contributed by atoms with Crippen LogP contribution in [0.1, 0.15) is 0 Å². The number of H-pyrrole nitrogens is 1. The average molecular weight is 239 g/mol. The van der Waals surface area contributed by atoms with Crippen molar-refractivity contribution in [3.05, 3.63) is 42.6 Å². The monoisotopic (exact) mass is 239 g/mol. The quantitative estimate of drug-likeness (QED) is 0.719. The number of hydrogen-bond donors (Lipinski definition) is 2. The van der Waals surface area contributed by atoms with Gasteiger partial charge in [-0.15, -0.1) is 0 Å². The maximum Gasteiger partial charge on any atom is 0.121 e. The van der Waals surface area contributed by atoms with Crippen molar-refractivity contribution in [3.8, 4) is 22.5 Å². The first kappa shape index (κ1) is 10.6. The Bertz CT molecular complexity index is 646. The molecule has 0 aliphatic heterocycles. The molecule has 3 aromatic rings. The molecule has 0 spiro atoms. The highest BCUT2D eigenvalue weighted by Crippen LogP contribution is 2.29. The van der Waals surface area contributed by atoms with Crippen LogP contribution in [0.25, 0.3) is 22.5 Å². The number of aryl methyl sites for hydroxylation is 1. The van der Waals surface area contributed by atoms with Crippen molar-refractivity contribution < 1.29 is 0 Å².